The molecule has 1 aromatic carbocycles. The highest BCUT2D eigenvalue weighted by molar-refractivity contribution is 5.82. The van der Waals surface area contributed by atoms with Gasteiger partial charge in [0.15, 0.2) is 0 Å². The second kappa shape index (κ2) is 5.27. The molecule has 0 saturated carbocycles. The first-order valence-corrected chi connectivity index (χ1v) is 5.52. The molecule has 1 unspecified atom stereocenters. The Labute approximate surface area is 101 Å². The van der Waals surface area contributed by atoms with E-state index in [9.17, 15) is 9.18 Å². The van der Waals surface area contributed by atoms with E-state index in [4.69, 9.17) is 4.74 Å². The van der Waals surface area contributed by atoms with E-state index in [1.54, 1.807) is 19.1 Å². The molecule has 0 spiro atoms. The third kappa shape index (κ3) is 3.03. The van der Waals surface area contributed by atoms with Crippen LogP contribution in [0.15, 0.2) is 24.3 Å². The highest BCUT2D eigenvalue weighted by Gasteiger charge is 2.36. The van der Waals surface area contributed by atoms with Crippen molar-refractivity contribution in [3.8, 4) is 0 Å². The Balaban J connectivity index is 3.18. The van der Waals surface area contributed by atoms with Crippen LogP contribution in [0.3, 0.4) is 0 Å². The molecule has 0 aliphatic rings. The zero-order valence-electron chi connectivity index (χ0n) is 10.6. The smallest absolute Gasteiger partial charge is 0.330 e. The Bertz CT molecular complexity index is 406. The van der Waals surface area contributed by atoms with E-state index in [0.29, 0.717) is 5.56 Å². The summed E-state index contributed by atoms with van der Waals surface area (Å²) >= 11 is 0. The highest BCUT2D eigenvalue weighted by atomic mass is 19.1. The van der Waals surface area contributed by atoms with Crippen molar-refractivity contribution in [2.24, 2.45) is 0 Å². The van der Waals surface area contributed by atoms with E-state index < -0.39 is 11.5 Å². The summed E-state index contributed by atoms with van der Waals surface area (Å²) in [5.41, 5.74) is -0.483. The maximum Gasteiger partial charge on any atom is 0.330 e. The molecule has 1 N–H and O–H groups in total. The van der Waals surface area contributed by atoms with Gasteiger partial charge in [0.05, 0.1) is 7.11 Å². The van der Waals surface area contributed by atoms with Crippen molar-refractivity contribution in [2.45, 2.75) is 32.4 Å². The molecular formula is C13H18FNO2. The summed E-state index contributed by atoms with van der Waals surface area (Å²) in [6.07, 6.45) is 0. The van der Waals surface area contributed by atoms with Crippen LogP contribution in [0.2, 0.25) is 0 Å². The van der Waals surface area contributed by atoms with E-state index in [-0.39, 0.29) is 11.9 Å². The van der Waals surface area contributed by atoms with Gasteiger partial charge in [0.2, 0.25) is 0 Å². The van der Waals surface area contributed by atoms with Crippen molar-refractivity contribution in [1.82, 2.24) is 5.32 Å². The molecule has 0 heterocycles. The zero-order valence-corrected chi connectivity index (χ0v) is 10.6. The quantitative estimate of drug-likeness (QED) is 0.819. The summed E-state index contributed by atoms with van der Waals surface area (Å²) in [7, 11) is 1.32. The molecule has 17 heavy (non-hydrogen) atoms. The van der Waals surface area contributed by atoms with Gasteiger partial charge in [-0.1, -0.05) is 12.1 Å². The van der Waals surface area contributed by atoms with E-state index in [2.05, 4.69) is 5.32 Å². The fraction of sp³-hybridized carbons (Fsp3) is 0.462. The molecule has 0 aliphatic heterocycles. The standard InChI is InChI=1S/C13H18FNO2/c1-9(2)15-13(3,12(16)17-4)10-6-5-7-11(14)8-10/h5-9,15H,1-4H3. The number of rotatable bonds is 4. The minimum absolute atomic E-state index is 0.0716. The van der Waals surface area contributed by atoms with Gasteiger partial charge in [-0.05, 0) is 38.5 Å². The topological polar surface area (TPSA) is 38.3 Å². The summed E-state index contributed by atoms with van der Waals surface area (Å²) < 4.78 is 18.0. The minimum Gasteiger partial charge on any atom is -0.467 e. The van der Waals surface area contributed by atoms with Crippen molar-refractivity contribution < 1.29 is 13.9 Å². The number of carbonyl (C=O) groups excluding carboxylic acids is 1. The number of hydrogen-bond donors (Lipinski definition) is 1. The number of halogens is 1. The number of nitrogens with one attached hydrogen (secondary N) is 1. The van der Waals surface area contributed by atoms with E-state index in [0.717, 1.165) is 0 Å². The molecule has 0 saturated heterocycles. The van der Waals surface area contributed by atoms with Crippen molar-refractivity contribution >= 4 is 5.97 Å². The molecule has 1 atom stereocenters. The lowest BCUT2D eigenvalue weighted by Crippen LogP contribution is -2.50. The van der Waals surface area contributed by atoms with Gasteiger partial charge < -0.3 is 4.74 Å². The summed E-state index contributed by atoms with van der Waals surface area (Å²) in [6, 6.07) is 6.04. The molecule has 94 valence electrons. The van der Waals surface area contributed by atoms with Gasteiger partial charge in [0.1, 0.15) is 11.4 Å². The van der Waals surface area contributed by atoms with Crippen LogP contribution >= 0.6 is 0 Å². The lowest BCUT2D eigenvalue weighted by molar-refractivity contribution is -0.148. The number of methoxy groups -OCH3 is 1. The largest absolute Gasteiger partial charge is 0.467 e. The monoisotopic (exact) mass is 239 g/mol. The average molecular weight is 239 g/mol. The second-order valence-corrected chi connectivity index (χ2v) is 4.43. The molecule has 1 rings (SSSR count). The van der Waals surface area contributed by atoms with Gasteiger partial charge in [-0.25, -0.2) is 9.18 Å². The SMILES string of the molecule is COC(=O)C(C)(NC(C)C)c1cccc(F)c1. The molecule has 3 nitrogen and oxygen atoms in total. The maximum absolute atomic E-state index is 13.2. The molecule has 0 amide bonds. The van der Waals surface area contributed by atoms with Crippen LogP contribution in [-0.2, 0) is 15.1 Å². The normalized spacial score (nSPS) is 14.5. The Morgan fingerprint density at radius 1 is 1.47 bits per heavy atom. The predicted octanol–water partition coefficient (Wildman–Crippen LogP) is 2.21. The van der Waals surface area contributed by atoms with Gasteiger partial charge in [0.25, 0.3) is 0 Å². The van der Waals surface area contributed by atoms with Crippen LogP contribution in [-0.4, -0.2) is 19.1 Å². The minimum atomic E-state index is -1.04. The van der Waals surface area contributed by atoms with Gasteiger partial charge >= 0.3 is 5.97 Å². The molecule has 0 aliphatic carbocycles. The van der Waals surface area contributed by atoms with Crippen LogP contribution in [0.1, 0.15) is 26.3 Å². The van der Waals surface area contributed by atoms with Crippen molar-refractivity contribution in [2.75, 3.05) is 7.11 Å². The van der Waals surface area contributed by atoms with Gasteiger partial charge in [-0.2, -0.15) is 0 Å². The van der Waals surface area contributed by atoms with Crippen molar-refractivity contribution in [1.29, 1.82) is 0 Å². The number of hydrogen-bond acceptors (Lipinski definition) is 3. The Kier molecular flexibility index (Phi) is 4.23. The third-order valence-electron chi connectivity index (χ3n) is 2.57. The van der Waals surface area contributed by atoms with Crippen molar-refractivity contribution in [3.05, 3.63) is 35.6 Å². The number of ether oxygens (including phenoxy) is 1. The Hall–Kier alpha value is -1.42. The number of benzene rings is 1. The molecule has 0 bridgehead atoms. The molecule has 0 fully saturated rings. The fourth-order valence-electron chi connectivity index (χ4n) is 1.84. The average Bonchev–Trinajstić information content (AvgIpc) is 2.26. The molecular weight excluding hydrogens is 221 g/mol. The Morgan fingerprint density at radius 2 is 2.12 bits per heavy atom. The van der Waals surface area contributed by atoms with Crippen LogP contribution in [0.25, 0.3) is 0 Å². The maximum atomic E-state index is 13.2. The van der Waals surface area contributed by atoms with Crippen LogP contribution < -0.4 is 5.32 Å². The van der Waals surface area contributed by atoms with Gasteiger partial charge in [-0.15, -0.1) is 0 Å². The fourth-order valence-corrected chi connectivity index (χ4v) is 1.84. The first-order chi connectivity index (χ1) is 7.90. The van der Waals surface area contributed by atoms with Crippen LogP contribution in [0.5, 0.6) is 0 Å². The van der Waals surface area contributed by atoms with E-state index in [1.165, 1.54) is 19.2 Å². The first-order valence-electron chi connectivity index (χ1n) is 5.52. The molecule has 0 radical (unpaired) electrons. The molecule has 1 aromatic rings. The summed E-state index contributed by atoms with van der Waals surface area (Å²) in [4.78, 5) is 11.9. The van der Waals surface area contributed by atoms with E-state index in [1.807, 2.05) is 13.8 Å². The lowest BCUT2D eigenvalue weighted by Gasteiger charge is -2.30. The number of carbonyl (C=O) groups is 1. The molecule has 0 aromatic heterocycles. The van der Waals surface area contributed by atoms with Crippen LogP contribution in [0, 0.1) is 5.82 Å². The van der Waals surface area contributed by atoms with E-state index >= 15 is 0 Å². The first kappa shape index (κ1) is 13.6. The highest BCUT2D eigenvalue weighted by Crippen LogP contribution is 2.23. The van der Waals surface area contributed by atoms with Crippen molar-refractivity contribution in [3.63, 3.8) is 0 Å². The second-order valence-electron chi connectivity index (χ2n) is 4.43. The Morgan fingerprint density at radius 3 is 2.59 bits per heavy atom. The van der Waals surface area contributed by atoms with Gasteiger partial charge in [0, 0.05) is 6.04 Å². The van der Waals surface area contributed by atoms with Gasteiger partial charge in [-0.3, -0.25) is 5.32 Å². The summed E-state index contributed by atoms with van der Waals surface area (Å²) in [5.74, 6) is -0.806. The van der Waals surface area contributed by atoms with Crippen LogP contribution in [0.4, 0.5) is 4.39 Å². The summed E-state index contributed by atoms with van der Waals surface area (Å²) in [5, 5.41) is 3.11. The third-order valence-corrected chi connectivity index (χ3v) is 2.57. The summed E-state index contributed by atoms with van der Waals surface area (Å²) in [6.45, 7) is 5.52. The predicted molar refractivity (Wildman–Crippen MR) is 64.0 cm³/mol. The zero-order chi connectivity index (χ0) is 13.1. The molecule has 4 heteroatoms. The lowest BCUT2D eigenvalue weighted by atomic mass is 9.91. The number of esters is 1.